The number of nitrogens with zero attached hydrogens (tertiary/aromatic N) is 3. The number of carbonyl (C=O) groups is 1. The molecule has 14 heteroatoms. The molecule has 0 bridgehead atoms. The minimum atomic E-state index is -4.15. The predicted molar refractivity (Wildman–Crippen MR) is 91.6 cm³/mol. The van der Waals surface area contributed by atoms with Crippen molar-refractivity contribution in [2.24, 2.45) is 10.1 Å². The minimum Gasteiger partial charge on any atom is -0.350 e. The molecule has 0 saturated carbocycles. The van der Waals surface area contributed by atoms with Gasteiger partial charge >= 0.3 is 16.0 Å². The first-order valence-electron chi connectivity index (χ1n) is 6.74. The van der Waals surface area contributed by atoms with Crippen LogP contribution in [0.15, 0.2) is 37.9 Å². The molecule has 0 aliphatic rings. The van der Waals surface area contributed by atoms with Crippen LogP contribution in [-0.2, 0) is 15.1 Å². The SMILES string of the molecule is NS(=O)(=O)Oc1ccc(C=NCC(=O)CSc2n[nH]c(=O)[nH]c2=O)cn1. The number of nitrogens with one attached hydrogen (secondary N) is 2. The second kappa shape index (κ2) is 8.50. The first-order chi connectivity index (χ1) is 12.2. The zero-order valence-corrected chi connectivity index (χ0v) is 14.5. The van der Waals surface area contributed by atoms with Crippen LogP contribution in [-0.4, -0.2) is 52.9 Å². The van der Waals surface area contributed by atoms with Gasteiger partial charge in [0.25, 0.3) is 5.56 Å². The summed E-state index contributed by atoms with van der Waals surface area (Å²) in [7, 11) is -4.15. The van der Waals surface area contributed by atoms with Gasteiger partial charge in [0.1, 0.15) is 0 Å². The van der Waals surface area contributed by atoms with Gasteiger partial charge in [0.05, 0.1) is 12.3 Å². The van der Waals surface area contributed by atoms with Crippen LogP contribution >= 0.6 is 11.8 Å². The monoisotopic (exact) mass is 400 g/mol. The Bertz CT molecular complexity index is 1030. The largest absolute Gasteiger partial charge is 0.381 e. The van der Waals surface area contributed by atoms with Crippen molar-refractivity contribution in [3.8, 4) is 5.88 Å². The van der Waals surface area contributed by atoms with Crippen LogP contribution in [0.5, 0.6) is 5.88 Å². The molecule has 26 heavy (non-hydrogen) atoms. The second-order valence-electron chi connectivity index (χ2n) is 4.62. The Morgan fingerprint density at radius 2 is 2.15 bits per heavy atom. The van der Waals surface area contributed by atoms with Crippen molar-refractivity contribution in [3.05, 3.63) is 44.7 Å². The molecule has 4 N–H and O–H groups in total. The van der Waals surface area contributed by atoms with Crippen molar-refractivity contribution in [1.82, 2.24) is 20.2 Å². The van der Waals surface area contributed by atoms with E-state index in [0.29, 0.717) is 5.56 Å². The van der Waals surface area contributed by atoms with Gasteiger partial charge in [-0.1, -0.05) is 11.8 Å². The van der Waals surface area contributed by atoms with Gasteiger partial charge in [-0.2, -0.15) is 18.7 Å². The van der Waals surface area contributed by atoms with Gasteiger partial charge in [-0.25, -0.2) is 14.9 Å². The number of carbonyl (C=O) groups excluding carboxylic acids is 1. The Labute approximate surface area is 150 Å². The molecule has 0 unspecified atom stereocenters. The Balaban J connectivity index is 1.84. The maximum Gasteiger partial charge on any atom is 0.381 e. The molecule has 0 atom stereocenters. The van der Waals surface area contributed by atoms with E-state index in [9.17, 15) is 22.8 Å². The van der Waals surface area contributed by atoms with E-state index in [0.717, 1.165) is 11.8 Å². The number of hydrogen-bond acceptors (Lipinski definition) is 10. The lowest BCUT2D eigenvalue weighted by Gasteiger charge is -2.00. The van der Waals surface area contributed by atoms with Gasteiger partial charge in [-0.05, 0) is 6.07 Å². The summed E-state index contributed by atoms with van der Waals surface area (Å²) in [6.45, 7) is -0.149. The number of Topliss-reactive ketones (excluding diaryl/α,β-unsaturated/α-hetero) is 1. The number of pyridine rings is 1. The van der Waals surface area contributed by atoms with E-state index in [1.807, 2.05) is 4.98 Å². The van der Waals surface area contributed by atoms with Crippen LogP contribution in [0.4, 0.5) is 0 Å². The summed E-state index contributed by atoms with van der Waals surface area (Å²) in [6, 6.07) is 2.75. The van der Waals surface area contributed by atoms with Crippen LogP contribution in [0.3, 0.4) is 0 Å². The van der Waals surface area contributed by atoms with Crippen LogP contribution in [0.1, 0.15) is 5.56 Å². The minimum absolute atomic E-state index is 0.0309. The predicted octanol–water partition coefficient (Wildman–Crippen LogP) is -1.78. The van der Waals surface area contributed by atoms with Gasteiger partial charge in [0, 0.05) is 24.0 Å². The smallest absolute Gasteiger partial charge is 0.350 e. The Kier molecular flexibility index (Phi) is 6.37. The first-order valence-corrected chi connectivity index (χ1v) is 9.20. The van der Waals surface area contributed by atoms with Crippen LogP contribution in [0, 0.1) is 0 Å². The quantitative estimate of drug-likeness (QED) is 0.339. The van der Waals surface area contributed by atoms with Crippen LogP contribution in [0.2, 0.25) is 0 Å². The van der Waals surface area contributed by atoms with Crippen LogP contribution < -0.4 is 20.6 Å². The third-order valence-corrected chi connectivity index (χ3v) is 3.94. The van der Waals surface area contributed by atoms with Crippen molar-refractivity contribution in [1.29, 1.82) is 0 Å². The van der Waals surface area contributed by atoms with E-state index in [1.54, 1.807) is 0 Å². The second-order valence-corrected chi connectivity index (χ2v) is 6.73. The van der Waals surface area contributed by atoms with E-state index in [4.69, 9.17) is 5.14 Å². The van der Waals surface area contributed by atoms with E-state index in [-0.39, 0.29) is 29.0 Å². The number of ketones is 1. The first kappa shape index (κ1) is 19.5. The summed E-state index contributed by atoms with van der Waals surface area (Å²) in [5.74, 6) is -0.532. The molecule has 0 aromatic carbocycles. The number of rotatable bonds is 8. The molecule has 0 amide bonds. The summed E-state index contributed by atoms with van der Waals surface area (Å²) < 4.78 is 25.9. The maximum absolute atomic E-state index is 11.7. The zero-order valence-electron chi connectivity index (χ0n) is 12.9. The highest BCUT2D eigenvalue weighted by molar-refractivity contribution is 7.99. The van der Waals surface area contributed by atoms with Gasteiger partial charge in [0.2, 0.25) is 5.88 Å². The molecular formula is C12H12N6O6S2. The average Bonchev–Trinajstić information content (AvgIpc) is 2.54. The van der Waals surface area contributed by atoms with Crippen molar-refractivity contribution in [2.45, 2.75) is 5.03 Å². The zero-order chi connectivity index (χ0) is 19.2. The lowest BCUT2D eigenvalue weighted by Crippen LogP contribution is -2.25. The molecule has 0 spiro atoms. The lowest BCUT2D eigenvalue weighted by atomic mass is 10.3. The Hall–Kier alpha value is -2.84. The summed E-state index contributed by atoms with van der Waals surface area (Å²) in [4.78, 5) is 43.6. The highest BCUT2D eigenvalue weighted by Crippen LogP contribution is 2.09. The molecule has 0 saturated heterocycles. The van der Waals surface area contributed by atoms with E-state index in [2.05, 4.69) is 24.4 Å². The highest BCUT2D eigenvalue weighted by Gasteiger charge is 2.08. The third-order valence-electron chi connectivity index (χ3n) is 2.52. The summed E-state index contributed by atoms with van der Waals surface area (Å²) in [5, 5.41) is 10.3. The van der Waals surface area contributed by atoms with Gasteiger partial charge in [-0.3, -0.25) is 19.6 Å². The lowest BCUT2D eigenvalue weighted by molar-refractivity contribution is -0.115. The molecule has 2 aromatic heterocycles. The highest BCUT2D eigenvalue weighted by atomic mass is 32.2. The molecular weight excluding hydrogens is 388 g/mol. The number of aromatic amines is 2. The molecule has 2 rings (SSSR count). The van der Waals surface area contributed by atoms with Crippen molar-refractivity contribution < 1.29 is 17.4 Å². The number of hydrogen-bond donors (Lipinski definition) is 3. The fraction of sp³-hybridized carbons (Fsp3) is 0.167. The molecule has 0 fully saturated rings. The fourth-order valence-corrected chi connectivity index (χ4v) is 2.54. The van der Waals surface area contributed by atoms with E-state index < -0.39 is 21.6 Å². The molecule has 2 heterocycles. The van der Waals surface area contributed by atoms with Crippen LogP contribution in [0.25, 0.3) is 0 Å². The molecule has 0 aliphatic carbocycles. The summed E-state index contributed by atoms with van der Waals surface area (Å²) >= 11 is 0.871. The Morgan fingerprint density at radius 1 is 1.38 bits per heavy atom. The molecule has 2 aromatic rings. The maximum atomic E-state index is 11.7. The third kappa shape index (κ3) is 6.58. The summed E-state index contributed by atoms with van der Waals surface area (Å²) in [5.41, 5.74) is -0.904. The van der Waals surface area contributed by atoms with E-state index in [1.165, 1.54) is 24.5 Å². The number of nitrogens with two attached hydrogens (primary N) is 1. The number of thioether (sulfide) groups is 1. The molecule has 138 valence electrons. The van der Waals surface area contributed by atoms with Gasteiger partial charge in [-0.15, -0.1) is 0 Å². The van der Waals surface area contributed by atoms with Crippen molar-refractivity contribution in [2.75, 3.05) is 12.3 Å². The topological polar surface area (TPSA) is 190 Å². The van der Waals surface area contributed by atoms with Gasteiger partial charge < -0.3 is 4.18 Å². The summed E-state index contributed by atoms with van der Waals surface area (Å²) in [6.07, 6.45) is 2.65. The standard InChI is InChI=1S/C12H12N6O6S2/c13-26(22,23)24-9-2-1-7(4-15-9)3-14-5-8(19)6-25-11-10(20)16-12(21)18-17-11/h1-4H,5-6H2,(H2,13,22,23)(H2,16,18,20,21). The van der Waals surface area contributed by atoms with E-state index >= 15 is 0 Å². The molecule has 0 aliphatic heterocycles. The number of H-pyrrole nitrogens is 2. The molecule has 12 nitrogen and oxygen atoms in total. The van der Waals surface area contributed by atoms with Gasteiger partial charge in [0.15, 0.2) is 10.8 Å². The number of aliphatic imine (C=N–C) groups is 1. The number of aromatic nitrogens is 4. The fourth-order valence-electron chi connectivity index (χ4n) is 1.52. The Morgan fingerprint density at radius 3 is 2.77 bits per heavy atom. The normalized spacial score (nSPS) is 11.6. The average molecular weight is 400 g/mol. The van der Waals surface area contributed by atoms with Crippen molar-refractivity contribution in [3.63, 3.8) is 0 Å². The molecule has 0 radical (unpaired) electrons. The van der Waals surface area contributed by atoms with Crippen molar-refractivity contribution >= 4 is 34.1 Å².